The first-order valence-corrected chi connectivity index (χ1v) is 23.4. The van der Waals surface area contributed by atoms with Crippen molar-refractivity contribution in [1.82, 2.24) is 4.98 Å². The van der Waals surface area contributed by atoms with Crippen LogP contribution in [-0.2, 0) is 11.3 Å². The highest BCUT2D eigenvalue weighted by molar-refractivity contribution is 5.60. The monoisotopic (exact) mass is 731 g/mol. The van der Waals surface area contributed by atoms with Crippen LogP contribution in [0, 0.1) is 29.6 Å². The van der Waals surface area contributed by atoms with E-state index in [9.17, 15) is 0 Å². The summed E-state index contributed by atoms with van der Waals surface area (Å²) in [7, 11) is 0. The Kier molecular flexibility index (Phi) is 37.0. The number of carbonyl (C=O) groups is 1. The Hall–Kier alpha value is -1.32. The fourth-order valence-electron chi connectivity index (χ4n) is 8.60. The number of aromatic nitrogens is 2. The molecule has 4 nitrogen and oxygen atoms in total. The zero-order chi connectivity index (χ0) is 38.5. The third-order valence-electron chi connectivity index (χ3n) is 12.1. The molecule has 5 unspecified atom stereocenters. The number of carboxylic acids is 1. The van der Waals surface area contributed by atoms with Gasteiger partial charge in [0.25, 0.3) is 0 Å². The molecule has 5 atom stereocenters. The van der Waals surface area contributed by atoms with Gasteiger partial charge in [0, 0.05) is 5.97 Å². The van der Waals surface area contributed by atoms with Crippen LogP contribution in [0.1, 0.15) is 248 Å². The third-order valence-corrected chi connectivity index (χ3v) is 12.1. The van der Waals surface area contributed by atoms with E-state index >= 15 is 0 Å². The summed E-state index contributed by atoms with van der Waals surface area (Å²) >= 11 is 0. The van der Waals surface area contributed by atoms with E-state index in [0.29, 0.717) is 0 Å². The van der Waals surface area contributed by atoms with Gasteiger partial charge in [-0.25, -0.2) is 4.57 Å². The fourth-order valence-corrected chi connectivity index (χ4v) is 8.60. The molecule has 0 saturated heterocycles. The molecule has 52 heavy (non-hydrogen) atoms. The Balaban J connectivity index is 0.00000615. The van der Waals surface area contributed by atoms with Crippen LogP contribution >= 0.6 is 0 Å². The van der Waals surface area contributed by atoms with E-state index in [1.807, 2.05) is 6.20 Å². The summed E-state index contributed by atoms with van der Waals surface area (Å²) in [5.74, 6) is 3.69. The minimum Gasteiger partial charge on any atom is -0.550 e. The first kappa shape index (κ1) is 50.7. The van der Waals surface area contributed by atoms with Crippen molar-refractivity contribution in [3.05, 3.63) is 18.7 Å². The molecule has 0 spiro atoms. The topological polar surface area (TPSA) is 59.8 Å². The van der Waals surface area contributed by atoms with E-state index in [-0.39, 0.29) is 0 Å². The molecule has 1 aromatic heterocycles. The quantitative estimate of drug-likeness (QED) is 0.0547. The van der Waals surface area contributed by atoms with Gasteiger partial charge in [-0.2, -0.15) is 0 Å². The molecule has 0 aliphatic heterocycles. The molecule has 1 rings (SSSR count). The molecule has 1 heterocycles. The lowest BCUT2D eigenvalue weighted by molar-refractivity contribution is -0.696. The van der Waals surface area contributed by atoms with Crippen molar-refractivity contribution in [1.29, 1.82) is 0 Å². The molecule has 308 valence electrons. The maximum absolute atomic E-state index is 8.89. The predicted molar refractivity (Wildman–Crippen MR) is 226 cm³/mol. The van der Waals surface area contributed by atoms with Gasteiger partial charge in [-0.05, 0) is 42.9 Å². The molecule has 0 radical (unpaired) electrons. The molecule has 0 amide bonds. The summed E-state index contributed by atoms with van der Waals surface area (Å²) in [6, 6.07) is 0. The zero-order valence-corrected chi connectivity index (χ0v) is 36.5. The number of hydrogen-bond donors (Lipinski definition) is 1. The van der Waals surface area contributed by atoms with Crippen LogP contribution in [0.2, 0.25) is 0 Å². The van der Waals surface area contributed by atoms with Gasteiger partial charge >= 0.3 is 0 Å². The van der Waals surface area contributed by atoms with Crippen molar-refractivity contribution in [2.45, 2.75) is 254 Å². The number of aryl methyl sites for hydroxylation is 1. The molecule has 0 bridgehead atoms. The molecule has 0 aliphatic carbocycles. The molecule has 1 aromatic rings. The van der Waals surface area contributed by atoms with Crippen molar-refractivity contribution >= 4 is 5.97 Å². The SMILES string of the molecule is CC(=O)[O-].CCCCCCC(CC)CCCC(C)CCCCCCCCC(C)CCCC(CCC)CCCCCCC(CCC)CC[n+]1cc[nH]c1. The number of unbranched alkanes of at least 4 members (excludes halogenated alkanes) is 11. The lowest BCUT2D eigenvalue weighted by Crippen LogP contribution is -2.31. The van der Waals surface area contributed by atoms with Crippen LogP contribution in [0.15, 0.2) is 18.7 Å². The number of imidazole rings is 1. The van der Waals surface area contributed by atoms with Gasteiger partial charge in [0.1, 0.15) is 12.4 Å². The van der Waals surface area contributed by atoms with Crippen LogP contribution in [0.5, 0.6) is 0 Å². The minimum absolute atomic E-state index is 0.911. The van der Waals surface area contributed by atoms with Crippen molar-refractivity contribution < 1.29 is 14.5 Å². The maximum Gasteiger partial charge on any atom is 0.241 e. The second-order valence-corrected chi connectivity index (χ2v) is 17.3. The highest BCUT2D eigenvalue weighted by Gasteiger charge is 2.12. The van der Waals surface area contributed by atoms with Crippen LogP contribution in [-0.4, -0.2) is 11.0 Å². The van der Waals surface area contributed by atoms with E-state index < -0.39 is 5.97 Å². The molecule has 1 N–H and O–H groups in total. The van der Waals surface area contributed by atoms with E-state index in [1.165, 1.54) is 206 Å². The van der Waals surface area contributed by atoms with Gasteiger partial charge in [0.2, 0.25) is 6.33 Å². The zero-order valence-electron chi connectivity index (χ0n) is 36.5. The van der Waals surface area contributed by atoms with Crippen molar-refractivity contribution in [3.8, 4) is 0 Å². The van der Waals surface area contributed by atoms with Gasteiger partial charge in [-0.3, -0.25) is 4.98 Å². The Morgan fingerprint density at radius 1 is 0.519 bits per heavy atom. The maximum atomic E-state index is 8.89. The Labute approximate surface area is 326 Å². The molecule has 0 saturated carbocycles. The molecule has 0 aliphatic rings. The van der Waals surface area contributed by atoms with Crippen LogP contribution < -0.4 is 9.67 Å². The number of aromatic amines is 1. The van der Waals surface area contributed by atoms with Crippen LogP contribution in [0.25, 0.3) is 0 Å². The number of rotatable bonds is 37. The number of nitrogens with zero attached hydrogens (tertiary/aromatic N) is 1. The van der Waals surface area contributed by atoms with Gasteiger partial charge in [-0.1, -0.05) is 234 Å². The average molecular weight is 731 g/mol. The highest BCUT2D eigenvalue weighted by atomic mass is 16.4. The fraction of sp³-hybridized carbons (Fsp3) is 0.917. The summed E-state index contributed by atoms with van der Waals surface area (Å²) in [6.45, 7) is 16.7. The van der Waals surface area contributed by atoms with E-state index in [2.05, 4.69) is 63.6 Å². The normalized spacial score (nSPS) is 14.4. The van der Waals surface area contributed by atoms with Crippen molar-refractivity contribution in [3.63, 3.8) is 0 Å². The number of H-pyrrole nitrogens is 1. The van der Waals surface area contributed by atoms with Crippen LogP contribution in [0.4, 0.5) is 0 Å². The van der Waals surface area contributed by atoms with Gasteiger partial charge < -0.3 is 9.90 Å². The number of aliphatic carboxylic acids is 1. The average Bonchev–Trinajstić information content (AvgIpc) is 3.64. The van der Waals surface area contributed by atoms with E-state index in [0.717, 1.165) is 36.5 Å². The summed E-state index contributed by atoms with van der Waals surface area (Å²) in [5.41, 5.74) is 0. The van der Waals surface area contributed by atoms with Gasteiger partial charge in [0.15, 0.2) is 0 Å². The van der Waals surface area contributed by atoms with E-state index in [4.69, 9.17) is 9.90 Å². The summed E-state index contributed by atoms with van der Waals surface area (Å²) in [5, 5.41) is 8.89. The first-order chi connectivity index (χ1) is 25.2. The number of nitrogens with one attached hydrogen (secondary N) is 1. The van der Waals surface area contributed by atoms with Crippen molar-refractivity contribution in [2.75, 3.05) is 0 Å². The van der Waals surface area contributed by atoms with Gasteiger partial charge in [0.05, 0.1) is 6.54 Å². The number of carboxylic acid groups (broad SMARTS) is 1. The smallest absolute Gasteiger partial charge is 0.241 e. The lowest BCUT2D eigenvalue weighted by atomic mass is 9.88. The Bertz CT molecular complexity index is 835. The molecule has 4 heteroatoms. The van der Waals surface area contributed by atoms with Gasteiger partial charge in [-0.15, -0.1) is 0 Å². The number of hydrogen-bond acceptors (Lipinski definition) is 2. The summed E-state index contributed by atoms with van der Waals surface area (Å²) < 4.78 is 2.31. The third kappa shape index (κ3) is 34.4. The standard InChI is InChI=1S/C46H90N2.C2H4O2/c1-7-11-12-21-32-44(10-4)35-24-30-42(5)28-19-15-13-14-16-20-29-43(6)31-25-36-45(26-8-2)33-22-17-18-23-34-46(27-9-3)37-39-48-40-38-47-41-48;1-2(3)4/h38,40-46H,7-37,39H2,1-6H3;1H3,(H,3,4). The largest absolute Gasteiger partial charge is 0.550 e. The second kappa shape index (κ2) is 38.0. The molecular formula is C48H94N2O2. The number of carbonyl (C=O) groups excluding carboxylic acids is 1. The molecule has 0 fully saturated rings. The van der Waals surface area contributed by atoms with Crippen molar-refractivity contribution in [2.24, 2.45) is 29.6 Å². The molecular weight excluding hydrogens is 637 g/mol. The predicted octanol–water partition coefficient (Wildman–Crippen LogP) is 14.4. The molecule has 0 aromatic carbocycles. The lowest BCUT2D eigenvalue weighted by Gasteiger charge is -2.18. The minimum atomic E-state index is -1.08. The second-order valence-electron chi connectivity index (χ2n) is 17.3. The first-order valence-electron chi connectivity index (χ1n) is 23.4. The van der Waals surface area contributed by atoms with Crippen LogP contribution in [0.3, 0.4) is 0 Å². The Morgan fingerprint density at radius 2 is 0.904 bits per heavy atom. The highest BCUT2D eigenvalue weighted by Crippen LogP contribution is 2.27. The summed E-state index contributed by atoms with van der Waals surface area (Å²) in [6.07, 6.45) is 51.2. The van der Waals surface area contributed by atoms with E-state index in [1.54, 1.807) is 0 Å². The summed E-state index contributed by atoms with van der Waals surface area (Å²) in [4.78, 5) is 12.1. The Morgan fingerprint density at radius 3 is 1.35 bits per heavy atom.